The average Bonchev–Trinajstić information content (AvgIpc) is 2.39. The van der Waals surface area contributed by atoms with Gasteiger partial charge in [-0.3, -0.25) is 0 Å². The fourth-order valence-corrected chi connectivity index (χ4v) is 3.32. The van der Waals surface area contributed by atoms with Crippen molar-refractivity contribution in [3.8, 4) is 0 Å². The van der Waals surface area contributed by atoms with Crippen LogP contribution < -0.4 is 5.32 Å². The van der Waals surface area contributed by atoms with Gasteiger partial charge in [0.15, 0.2) is 0 Å². The van der Waals surface area contributed by atoms with Gasteiger partial charge in [0.1, 0.15) is 0 Å². The van der Waals surface area contributed by atoms with E-state index in [1.54, 1.807) is 0 Å². The highest BCUT2D eigenvalue weighted by Crippen LogP contribution is 2.43. The zero-order chi connectivity index (χ0) is 9.42. The molecule has 0 bridgehead atoms. The molecule has 0 saturated heterocycles. The zero-order valence-corrected chi connectivity index (χ0v) is 9.11. The van der Waals surface area contributed by atoms with Crippen molar-refractivity contribution in [1.29, 1.82) is 0 Å². The van der Waals surface area contributed by atoms with Gasteiger partial charge in [0.2, 0.25) is 0 Å². The minimum absolute atomic E-state index is 0.528. The van der Waals surface area contributed by atoms with Gasteiger partial charge in [0.25, 0.3) is 0 Å². The van der Waals surface area contributed by atoms with Crippen LogP contribution >= 0.6 is 11.8 Å². The van der Waals surface area contributed by atoms with Gasteiger partial charge in [-0.25, -0.2) is 0 Å². The van der Waals surface area contributed by atoms with Gasteiger partial charge in [0, 0.05) is 16.2 Å². The molecule has 70 valence electrons. The number of aryl methyl sites for hydroxylation is 1. The molecule has 0 amide bonds. The molecule has 0 aliphatic carbocycles. The highest BCUT2D eigenvalue weighted by Gasteiger charge is 2.28. The Morgan fingerprint density at radius 1 is 1.38 bits per heavy atom. The van der Waals surface area contributed by atoms with E-state index >= 15 is 0 Å². The molecule has 0 spiro atoms. The summed E-state index contributed by atoms with van der Waals surface area (Å²) in [7, 11) is 2.04. The first-order valence-corrected chi connectivity index (χ1v) is 5.55. The second-order valence-electron chi connectivity index (χ2n) is 3.63. The van der Waals surface area contributed by atoms with Crippen molar-refractivity contribution in [2.45, 2.75) is 30.0 Å². The number of benzene rings is 1. The summed E-state index contributed by atoms with van der Waals surface area (Å²) in [4.78, 5) is 1.45. The van der Waals surface area contributed by atoms with E-state index in [0.29, 0.717) is 11.3 Å². The van der Waals surface area contributed by atoms with Crippen LogP contribution in [0.1, 0.15) is 24.1 Å². The number of hydrogen-bond donors (Lipinski definition) is 1. The van der Waals surface area contributed by atoms with Gasteiger partial charge in [0.05, 0.1) is 0 Å². The van der Waals surface area contributed by atoms with Crippen molar-refractivity contribution in [3.05, 3.63) is 29.3 Å². The third-order valence-corrected chi connectivity index (χ3v) is 3.85. The Hall–Kier alpha value is -0.470. The number of fused-ring (bicyclic) bond motifs is 1. The van der Waals surface area contributed by atoms with Gasteiger partial charge < -0.3 is 5.32 Å². The molecule has 0 aromatic heterocycles. The lowest BCUT2D eigenvalue weighted by Crippen LogP contribution is -2.21. The fraction of sp³-hybridized carbons (Fsp3) is 0.455. The molecule has 1 aromatic rings. The van der Waals surface area contributed by atoms with E-state index in [9.17, 15) is 0 Å². The summed E-state index contributed by atoms with van der Waals surface area (Å²) >= 11 is 1.98. The minimum atomic E-state index is 0.528. The molecule has 0 saturated carbocycles. The summed E-state index contributed by atoms with van der Waals surface area (Å²) in [6.45, 7) is 4.43. The molecule has 1 aliphatic rings. The number of nitrogens with one attached hydrogen (secondary N) is 1. The lowest BCUT2D eigenvalue weighted by molar-refractivity contribution is 0.595. The average molecular weight is 193 g/mol. The Balaban J connectivity index is 2.42. The van der Waals surface area contributed by atoms with E-state index in [4.69, 9.17) is 0 Å². The summed E-state index contributed by atoms with van der Waals surface area (Å²) in [6.07, 6.45) is 0. The third kappa shape index (κ3) is 1.49. The Bertz CT molecular complexity index is 322. The Morgan fingerprint density at radius 3 is 2.85 bits per heavy atom. The fourth-order valence-electron chi connectivity index (χ4n) is 1.91. The first-order valence-electron chi connectivity index (χ1n) is 4.67. The summed E-state index contributed by atoms with van der Waals surface area (Å²) in [5, 5.41) is 4.02. The molecular weight excluding hydrogens is 178 g/mol. The lowest BCUT2D eigenvalue weighted by atomic mass is 10.0. The number of thioether (sulfide) groups is 1. The third-order valence-electron chi connectivity index (χ3n) is 2.60. The van der Waals surface area contributed by atoms with E-state index in [1.807, 2.05) is 18.8 Å². The van der Waals surface area contributed by atoms with E-state index in [0.717, 1.165) is 0 Å². The second-order valence-corrected chi connectivity index (χ2v) is 5.05. The van der Waals surface area contributed by atoms with Crippen molar-refractivity contribution in [2.24, 2.45) is 0 Å². The molecular formula is C11H15NS. The van der Waals surface area contributed by atoms with Crippen LogP contribution in [0.25, 0.3) is 0 Å². The zero-order valence-electron chi connectivity index (χ0n) is 8.29. The molecule has 2 atom stereocenters. The predicted molar refractivity (Wildman–Crippen MR) is 58.3 cm³/mol. The molecule has 13 heavy (non-hydrogen) atoms. The smallest absolute Gasteiger partial charge is 0.0450 e. The molecule has 2 heteroatoms. The largest absolute Gasteiger partial charge is 0.312 e. The van der Waals surface area contributed by atoms with Crippen LogP contribution in [0.15, 0.2) is 23.1 Å². The van der Waals surface area contributed by atoms with Crippen LogP contribution in [-0.4, -0.2) is 12.3 Å². The van der Waals surface area contributed by atoms with E-state index in [-0.39, 0.29) is 0 Å². The first kappa shape index (κ1) is 9.10. The molecule has 1 aliphatic heterocycles. The van der Waals surface area contributed by atoms with Crippen molar-refractivity contribution >= 4 is 11.8 Å². The van der Waals surface area contributed by atoms with Gasteiger partial charge in [-0.1, -0.05) is 19.1 Å². The van der Waals surface area contributed by atoms with Gasteiger partial charge in [-0.05, 0) is 31.2 Å². The van der Waals surface area contributed by atoms with Crippen molar-refractivity contribution in [1.82, 2.24) is 5.32 Å². The normalized spacial score (nSPS) is 26.1. The number of rotatable bonds is 1. The Kier molecular flexibility index (Phi) is 2.35. The van der Waals surface area contributed by atoms with Crippen molar-refractivity contribution in [2.75, 3.05) is 7.05 Å². The summed E-state index contributed by atoms with van der Waals surface area (Å²) in [5.74, 6) is 0. The van der Waals surface area contributed by atoms with Crippen LogP contribution in [0.4, 0.5) is 0 Å². The first-order chi connectivity index (χ1) is 6.22. The standard InChI is InChI=1S/C11H15NS/c1-7-4-5-9-10(6-7)13-8(2)11(9)12-3/h4-6,8,11-12H,1-3H3. The molecule has 1 aromatic carbocycles. The monoisotopic (exact) mass is 193 g/mol. The lowest BCUT2D eigenvalue weighted by Gasteiger charge is -2.13. The maximum absolute atomic E-state index is 3.37. The molecule has 1 nitrogen and oxygen atoms in total. The quantitative estimate of drug-likeness (QED) is 0.736. The van der Waals surface area contributed by atoms with Gasteiger partial charge in [-0.2, -0.15) is 0 Å². The van der Waals surface area contributed by atoms with E-state index in [1.165, 1.54) is 16.0 Å². The van der Waals surface area contributed by atoms with Crippen LogP contribution in [0, 0.1) is 6.92 Å². The van der Waals surface area contributed by atoms with Gasteiger partial charge in [-0.15, -0.1) is 11.8 Å². The molecule has 2 rings (SSSR count). The van der Waals surface area contributed by atoms with Crippen LogP contribution in [0.5, 0.6) is 0 Å². The molecule has 0 fully saturated rings. The van der Waals surface area contributed by atoms with Crippen LogP contribution in [0.2, 0.25) is 0 Å². The molecule has 2 unspecified atom stereocenters. The topological polar surface area (TPSA) is 12.0 Å². The Morgan fingerprint density at radius 2 is 2.15 bits per heavy atom. The minimum Gasteiger partial charge on any atom is -0.312 e. The second kappa shape index (κ2) is 3.35. The van der Waals surface area contributed by atoms with Crippen molar-refractivity contribution in [3.63, 3.8) is 0 Å². The van der Waals surface area contributed by atoms with Crippen LogP contribution in [0.3, 0.4) is 0 Å². The molecule has 1 N–H and O–H groups in total. The predicted octanol–water partition coefficient (Wildman–Crippen LogP) is 2.75. The highest BCUT2D eigenvalue weighted by molar-refractivity contribution is 8.00. The summed E-state index contributed by atoms with van der Waals surface area (Å²) in [5.41, 5.74) is 2.82. The van der Waals surface area contributed by atoms with E-state index < -0.39 is 0 Å². The SMILES string of the molecule is CNC1c2ccc(C)cc2SC1C. The number of hydrogen-bond acceptors (Lipinski definition) is 2. The highest BCUT2D eigenvalue weighted by atomic mass is 32.2. The molecule has 1 heterocycles. The maximum atomic E-state index is 3.37. The van der Waals surface area contributed by atoms with Crippen molar-refractivity contribution < 1.29 is 0 Å². The van der Waals surface area contributed by atoms with Gasteiger partial charge >= 0.3 is 0 Å². The Labute approximate surface area is 83.9 Å². The molecule has 0 radical (unpaired) electrons. The van der Waals surface area contributed by atoms with E-state index in [2.05, 4.69) is 37.4 Å². The maximum Gasteiger partial charge on any atom is 0.0450 e. The summed E-state index contributed by atoms with van der Waals surface area (Å²) in [6, 6.07) is 7.26. The summed E-state index contributed by atoms with van der Waals surface area (Å²) < 4.78 is 0. The van der Waals surface area contributed by atoms with Crippen LogP contribution in [-0.2, 0) is 0 Å².